The Bertz CT molecular complexity index is 315. The maximum absolute atomic E-state index is 3.58. The molecule has 0 bridgehead atoms. The molecule has 2 rings (SSSR count). The van der Waals surface area contributed by atoms with Crippen molar-refractivity contribution < 1.29 is 0 Å². The highest BCUT2D eigenvalue weighted by atomic mass is 32.1. The van der Waals surface area contributed by atoms with E-state index in [-0.39, 0.29) is 0 Å². The van der Waals surface area contributed by atoms with Crippen LogP contribution >= 0.6 is 11.3 Å². The van der Waals surface area contributed by atoms with E-state index in [4.69, 9.17) is 0 Å². The van der Waals surface area contributed by atoms with E-state index in [0.29, 0.717) is 6.04 Å². The summed E-state index contributed by atoms with van der Waals surface area (Å²) >= 11 is 1.84. The molecule has 102 valence electrons. The maximum atomic E-state index is 3.58. The third kappa shape index (κ3) is 4.08. The molecule has 0 radical (unpaired) electrons. The molecule has 2 heterocycles. The second kappa shape index (κ2) is 7.27. The zero-order chi connectivity index (χ0) is 12.8. The van der Waals surface area contributed by atoms with Crippen molar-refractivity contribution in [2.45, 2.75) is 45.7 Å². The Balaban J connectivity index is 1.64. The van der Waals surface area contributed by atoms with Gasteiger partial charge in [0.15, 0.2) is 0 Å². The van der Waals surface area contributed by atoms with Crippen molar-refractivity contribution in [3.63, 3.8) is 0 Å². The molecule has 1 saturated heterocycles. The maximum Gasteiger partial charge on any atom is 0.0300 e. The highest BCUT2D eigenvalue weighted by molar-refractivity contribution is 7.09. The summed E-state index contributed by atoms with van der Waals surface area (Å²) in [5, 5.41) is 5.73. The van der Waals surface area contributed by atoms with Crippen molar-refractivity contribution in [1.82, 2.24) is 10.2 Å². The van der Waals surface area contributed by atoms with Gasteiger partial charge in [0.05, 0.1) is 0 Å². The normalized spacial score (nSPS) is 20.1. The molecule has 1 aliphatic heterocycles. The lowest BCUT2D eigenvalue weighted by molar-refractivity contribution is 0.137. The van der Waals surface area contributed by atoms with Gasteiger partial charge in [-0.1, -0.05) is 19.4 Å². The number of nitrogens with zero attached hydrogens (tertiary/aromatic N) is 1. The monoisotopic (exact) mass is 266 g/mol. The molecule has 1 unspecified atom stereocenters. The average molecular weight is 266 g/mol. The molecule has 1 N–H and O–H groups in total. The first kappa shape index (κ1) is 14.0. The van der Waals surface area contributed by atoms with Crippen LogP contribution < -0.4 is 5.32 Å². The van der Waals surface area contributed by atoms with Crippen LogP contribution in [-0.2, 0) is 6.54 Å². The predicted octanol–water partition coefficient (Wildman–Crippen LogP) is 3.35. The van der Waals surface area contributed by atoms with Crippen LogP contribution in [0.1, 0.15) is 38.0 Å². The quantitative estimate of drug-likeness (QED) is 0.849. The van der Waals surface area contributed by atoms with Crippen molar-refractivity contribution in [1.29, 1.82) is 0 Å². The second-order valence-corrected chi connectivity index (χ2v) is 6.48. The van der Waals surface area contributed by atoms with Crippen LogP contribution in [0.5, 0.6) is 0 Å². The van der Waals surface area contributed by atoms with Gasteiger partial charge in [0.25, 0.3) is 0 Å². The third-order valence-corrected chi connectivity index (χ3v) is 5.05. The number of hydrogen-bond acceptors (Lipinski definition) is 3. The molecule has 0 saturated carbocycles. The van der Waals surface area contributed by atoms with Gasteiger partial charge in [-0.05, 0) is 50.2 Å². The minimum absolute atomic E-state index is 0.669. The molecule has 1 aromatic heterocycles. The molecule has 0 aromatic carbocycles. The topological polar surface area (TPSA) is 15.3 Å². The number of nitrogens with one attached hydrogen (secondary N) is 1. The largest absolute Gasteiger partial charge is 0.310 e. The molecule has 3 heteroatoms. The molecule has 1 aliphatic rings. The smallest absolute Gasteiger partial charge is 0.0300 e. The van der Waals surface area contributed by atoms with Gasteiger partial charge in [0, 0.05) is 24.0 Å². The standard InChI is InChI=1S/C15H26N2S/c1-3-14-6-8-17(9-7-14)13(2)11-16-12-15-5-4-10-18-15/h4-5,10,13-14,16H,3,6-9,11-12H2,1-2H3. The van der Waals surface area contributed by atoms with E-state index in [1.54, 1.807) is 0 Å². The van der Waals surface area contributed by atoms with E-state index in [9.17, 15) is 0 Å². The highest BCUT2D eigenvalue weighted by Crippen LogP contribution is 2.21. The number of piperidine rings is 1. The van der Waals surface area contributed by atoms with Gasteiger partial charge < -0.3 is 5.32 Å². The van der Waals surface area contributed by atoms with Gasteiger partial charge in [-0.2, -0.15) is 0 Å². The van der Waals surface area contributed by atoms with E-state index in [2.05, 4.69) is 41.6 Å². The van der Waals surface area contributed by atoms with E-state index in [1.165, 1.54) is 37.2 Å². The Morgan fingerprint density at radius 2 is 2.22 bits per heavy atom. The first-order valence-corrected chi connectivity index (χ1v) is 8.14. The molecule has 0 aliphatic carbocycles. The van der Waals surface area contributed by atoms with E-state index in [1.807, 2.05) is 11.3 Å². The molecular weight excluding hydrogens is 240 g/mol. The number of thiophene rings is 1. The van der Waals surface area contributed by atoms with E-state index >= 15 is 0 Å². The summed E-state index contributed by atoms with van der Waals surface area (Å²) in [4.78, 5) is 4.08. The third-order valence-electron chi connectivity index (χ3n) is 4.17. The van der Waals surface area contributed by atoms with Gasteiger partial charge in [0.1, 0.15) is 0 Å². The molecule has 18 heavy (non-hydrogen) atoms. The first-order valence-electron chi connectivity index (χ1n) is 7.26. The summed E-state index contributed by atoms with van der Waals surface area (Å²) in [5.41, 5.74) is 0. The second-order valence-electron chi connectivity index (χ2n) is 5.45. The van der Waals surface area contributed by atoms with Gasteiger partial charge in [-0.15, -0.1) is 11.3 Å². The predicted molar refractivity (Wildman–Crippen MR) is 80.1 cm³/mol. The van der Waals surface area contributed by atoms with E-state index in [0.717, 1.165) is 19.0 Å². The molecule has 1 atom stereocenters. The molecule has 1 fully saturated rings. The Morgan fingerprint density at radius 1 is 1.44 bits per heavy atom. The summed E-state index contributed by atoms with van der Waals surface area (Å²) in [5.74, 6) is 0.979. The average Bonchev–Trinajstić information content (AvgIpc) is 2.92. The zero-order valence-electron chi connectivity index (χ0n) is 11.7. The van der Waals surface area contributed by atoms with Crippen molar-refractivity contribution in [2.24, 2.45) is 5.92 Å². The van der Waals surface area contributed by atoms with Crippen LogP contribution in [0.3, 0.4) is 0 Å². The van der Waals surface area contributed by atoms with Crippen molar-refractivity contribution in [2.75, 3.05) is 19.6 Å². The van der Waals surface area contributed by atoms with Crippen LogP contribution in [0, 0.1) is 5.92 Å². The van der Waals surface area contributed by atoms with Crippen molar-refractivity contribution >= 4 is 11.3 Å². The van der Waals surface area contributed by atoms with E-state index < -0.39 is 0 Å². The van der Waals surface area contributed by atoms with Gasteiger partial charge in [0.2, 0.25) is 0 Å². The molecule has 1 aromatic rings. The fourth-order valence-corrected chi connectivity index (χ4v) is 3.42. The lowest BCUT2D eigenvalue weighted by Crippen LogP contribution is -2.44. The van der Waals surface area contributed by atoms with Crippen LogP contribution in [0.25, 0.3) is 0 Å². The Morgan fingerprint density at radius 3 is 2.83 bits per heavy atom. The van der Waals surface area contributed by atoms with Gasteiger partial charge >= 0.3 is 0 Å². The Labute approximate surface area is 115 Å². The highest BCUT2D eigenvalue weighted by Gasteiger charge is 2.21. The summed E-state index contributed by atoms with van der Waals surface area (Å²) < 4.78 is 0. The fraction of sp³-hybridized carbons (Fsp3) is 0.733. The number of likely N-dealkylation sites (tertiary alicyclic amines) is 1. The molecule has 0 spiro atoms. The van der Waals surface area contributed by atoms with Gasteiger partial charge in [-0.3, -0.25) is 4.90 Å². The summed E-state index contributed by atoms with van der Waals surface area (Å²) in [6.45, 7) is 9.39. The van der Waals surface area contributed by atoms with Crippen molar-refractivity contribution in [3.05, 3.63) is 22.4 Å². The SMILES string of the molecule is CCC1CCN(C(C)CNCc2cccs2)CC1. The number of rotatable bonds is 6. The zero-order valence-corrected chi connectivity index (χ0v) is 12.5. The molecular formula is C15H26N2S. The molecule has 0 amide bonds. The van der Waals surface area contributed by atoms with Gasteiger partial charge in [-0.25, -0.2) is 0 Å². The van der Waals surface area contributed by atoms with Crippen LogP contribution in [0.4, 0.5) is 0 Å². The lowest BCUT2D eigenvalue weighted by atomic mass is 9.94. The molecule has 2 nitrogen and oxygen atoms in total. The summed E-state index contributed by atoms with van der Waals surface area (Å²) in [6.07, 6.45) is 4.15. The lowest BCUT2D eigenvalue weighted by Gasteiger charge is -2.35. The number of hydrogen-bond donors (Lipinski definition) is 1. The minimum Gasteiger partial charge on any atom is -0.310 e. The Hall–Kier alpha value is -0.380. The fourth-order valence-electron chi connectivity index (χ4n) is 2.75. The van der Waals surface area contributed by atoms with Crippen LogP contribution in [-0.4, -0.2) is 30.6 Å². The minimum atomic E-state index is 0.669. The van der Waals surface area contributed by atoms with Crippen LogP contribution in [0.15, 0.2) is 17.5 Å². The summed E-state index contributed by atoms with van der Waals surface area (Å²) in [6, 6.07) is 5.00. The summed E-state index contributed by atoms with van der Waals surface area (Å²) in [7, 11) is 0. The van der Waals surface area contributed by atoms with Crippen molar-refractivity contribution in [3.8, 4) is 0 Å². The Kier molecular flexibility index (Phi) is 5.67. The van der Waals surface area contributed by atoms with Crippen LogP contribution in [0.2, 0.25) is 0 Å². The first-order chi connectivity index (χ1) is 8.79.